The van der Waals surface area contributed by atoms with Gasteiger partial charge in [-0.25, -0.2) is 0 Å². The van der Waals surface area contributed by atoms with Crippen molar-refractivity contribution in [3.8, 4) is 11.1 Å². The molecule has 78 valence electrons. The lowest BCUT2D eigenvalue weighted by Crippen LogP contribution is -1.91. The summed E-state index contributed by atoms with van der Waals surface area (Å²) >= 11 is 0. The van der Waals surface area contributed by atoms with Crippen LogP contribution in [0.4, 0.5) is 5.69 Å². The number of nitrogens with two attached hydrogens (primary N) is 1. The number of nitrogens with one attached hydrogen (secondary N) is 1. The van der Waals surface area contributed by atoms with E-state index in [1.807, 2.05) is 42.5 Å². The molecule has 0 aliphatic carbocycles. The SMILES string of the molecule is Nc1c(-c2ccccc2)ccc2cn[nH]c12. The highest BCUT2D eigenvalue weighted by Gasteiger charge is 2.07. The highest BCUT2D eigenvalue weighted by molar-refractivity contribution is 5.97. The fourth-order valence-electron chi connectivity index (χ4n) is 1.90. The van der Waals surface area contributed by atoms with Crippen LogP contribution < -0.4 is 5.73 Å². The Bertz CT molecular complexity index is 626. The second kappa shape index (κ2) is 3.38. The number of anilines is 1. The normalized spacial score (nSPS) is 10.8. The number of nitrogen functional groups attached to an aromatic ring is 1. The minimum atomic E-state index is 0.751. The van der Waals surface area contributed by atoms with E-state index in [1.54, 1.807) is 6.20 Å². The average Bonchev–Trinajstić information content (AvgIpc) is 2.80. The molecule has 3 rings (SSSR count). The van der Waals surface area contributed by atoms with Crippen molar-refractivity contribution in [2.45, 2.75) is 0 Å². The molecule has 0 unspecified atom stereocenters. The molecule has 3 aromatic rings. The molecule has 0 fully saturated rings. The number of nitrogens with zero attached hydrogens (tertiary/aromatic N) is 1. The Balaban J connectivity index is 2.28. The predicted octanol–water partition coefficient (Wildman–Crippen LogP) is 2.81. The quantitative estimate of drug-likeness (QED) is 0.605. The maximum absolute atomic E-state index is 6.12. The summed E-state index contributed by atoms with van der Waals surface area (Å²) in [7, 11) is 0. The molecule has 0 amide bonds. The van der Waals surface area contributed by atoms with Crippen LogP contribution in [0.5, 0.6) is 0 Å². The fourth-order valence-corrected chi connectivity index (χ4v) is 1.90. The van der Waals surface area contributed by atoms with E-state index in [-0.39, 0.29) is 0 Å². The lowest BCUT2D eigenvalue weighted by atomic mass is 10.0. The van der Waals surface area contributed by atoms with Crippen LogP contribution >= 0.6 is 0 Å². The van der Waals surface area contributed by atoms with Gasteiger partial charge in [-0.15, -0.1) is 0 Å². The van der Waals surface area contributed by atoms with Crippen molar-refractivity contribution in [3.63, 3.8) is 0 Å². The first-order valence-corrected chi connectivity index (χ1v) is 5.13. The smallest absolute Gasteiger partial charge is 0.0885 e. The van der Waals surface area contributed by atoms with Crippen molar-refractivity contribution < 1.29 is 0 Å². The summed E-state index contributed by atoms with van der Waals surface area (Å²) in [4.78, 5) is 0. The van der Waals surface area contributed by atoms with Crippen LogP contribution in [0, 0.1) is 0 Å². The topological polar surface area (TPSA) is 54.7 Å². The van der Waals surface area contributed by atoms with Crippen molar-refractivity contribution in [3.05, 3.63) is 48.7 Å². The summed E-state index contributed by atoms with van der Waals surface area (Å²) in [5.74, 6) is 0. The van der Waals surface area contributed by atoms with E-state index >= 15 is 0 Å². The van der Waals surface area contributed by atoms with Crippen molar-refractivity contribution >= 4 is 16.6 Å². The van der Waals surface area contributed by atoms with Crippen LogP contribution in [0.15, 0.2) is 48.7 Å². The average molecular weight is 209 g/mol. The van der Waals surface area contributed by atoms with Crippen molar-refractivity contribution in [1.82, 2.24) is 10.2 Å². The number of H-pyrrole nitrogens is 1. The Morgan fingerprint density at radius 2 is 1.81 bits per heavy atom. The molecule has 0 aliphatic heterocycles. The molecule has 1 aromatic heterocycles. The van der Waals surface area contributed by atoms with Crippen LogP contribution in [0.2, 0.25) is 0 Å². The van der Waals surface area contributed by atoms with Crippen molar-refractivity contribution in [1.29, 1.82) is 0 Å². The monoisotopic (exact) mass is 209 g/mol. The maximum atomic E-state index is 6.12. The number of benzene rings is 2. The molecular weight excluding hydrogens is 198 g/mol. The second-order valence-electron chi connectivity index (χ2n) is 3.73. The lowest BCUT2D eigenvalue weighted by molar-refractivity contribution is 1.12. The molecule has 3 N–H and O–H groups in total. The summed E-state index contributed by atoms with van der Waals surface area (Å²) in [5.41, 5.74) is 9.94. The van der Waals surface area contributed by atoms with E-state index in [4.69, 9.17) is 5.73 Å². The van der Waals surface area contributed by atoms with Gasteiger partial charge in [-0.3, -0.25) is 5.10 Å². The molecule has 3 heteroatoms. The van der Waals surface area contributed by atoms with Crippen LogP contribution in [-0.4, -0.2) is 10.2 Å². The van der Waals surface area contributed by atoms with Gasteiger partial charge in [0.15, 0.2) is 0 Å². The predicted molar refractivity (Wildman–Crippen MR) is 65.9 cm³/mol. The molecule has 1 heterocycles. The number of aromatic nitrogens is 2. The zero-order valence-corrected chi connectivity index (χ0v) is 8.64. The number of rotatable bonds is 1. The number of fused-ring (bicyclic) bond motifs is 1. The first-order valence-electron chi connectivity index (χ1n) is 5.13. The Morgan fingerprint density at radius 3 is 2.62 bits per heavy atom. The standard InChI is InChI=1S/C13H11N3/c14-12-11(9-4-2-1-3-5-9)7-6-10-8-15-16-13(10)12/h1-8H,14H2,(H,15,16). The van der Waals surface area contributed by atoms with E-state index in [1.165, 1.54) is 0 Å². The van der Waals surface area contributed by atoms with Crippen molar-refractivity contribution in [2.24, 2.45) is 0 Å². The molecule has 0 bridgehead atoms. The zero-order valence-electron chi connectivity index (χ0n) is 8.64. The highest BCUT2D eigenvalue weighted by atomic mass is 15.1. The van der Waals surface area contributed by atoms with E-state index in [0.29, 0.717) is 0 Å². The molecule has 0 radical (unpaired) electrons. The number of aromatic amines is 1. The zero-order chi connectivity index (χ0) is 11.0. The van der Waals surface area contributed by atoms with E-state index < -0.39 is 0 Å². The minimum Gasteiger partial charge on any atom is -0.396 e. The molecule has 0 spiro atoms. The van der Waals surface area contributed by atoms with Gasteiger partial charge in [-0.05, 0) is 5.56 Å². The molecule has 0 atom stereocenters. The largest absolute Gasteiger partial charge is 0.396 e. The van der Waals surface area contributed by atoms with Gasteiger partial charge in [0.25, 0.3) is 0 Å². The van der Waals surface area contributed by atoms with Crippen LogP contribution in [0.25, 0.3) is 22.0 Å². The summed E-state index contributed by atoms with van der Waals surface area (Å²) in [5, 5.41) is 7.95. The molecule has 2 aromatic carbocycles. The number of hydrogen-bond acceptors (Lipinski definition) is 2. The first kappa shape index (κ1) is 8.97. The second-order valence-corrected chi connectivity index (χ2v) is 3.73. The van der Waals surface area contributed by atoms with Crippen LogP contribution in [0.1, 0.15) is 0 Å². The molecule has 0 saturated heterocycles. The van der Waals surface area contributed by atoms with Gasteiger partial charge in [0, 0.05) is 10.9 Å². The van der Waals surface area contributed by atoms with Gasteiger partial charge in [0.2, 0.25) is 0 Å². The summed E-state index contributed by atoms with van der Waals surface area (Å²) in [6.07, 6.45) is 1.78. The van der Waals surface area contributed by atoms with Gasteiger partial charge < -0.3 is 5.73 Å². The van der Waals surface area contributed by atoms with Gasteiger partial charge in [0.1, 0.15) is 0 Å². The summed E-state index contributed by atoms with van der Waals surface area (Å²) in [6, 6.07) is 14.2. The molecule has 0 saturated carbocycles. The van der Waals surface area contributed by atoms with E-state index in [9.17, 15) is 0 Å². The Hall–Kier alpha value is -2.29. The summed E-state index contributed by atoms with van der Waals surface area (Å²) < 4.78 is 0. The maximum Gasteiger partial charge on any atom is 0.0885 e. The molecule has 0 aliphatic rings. The Kier molecular flexibility index (Phi) is 1.90. The van der Waals surface area contributed by atoms with Gasteiger partial charge in [-0.2, -0.15) is 5.10 Å². The molecular formula is C13H11N3. The summed E-state index contributed by atoms with van der Waals surface area (Å²) in [6.45, 7) is 0. The third-order valence-electron chi connectivity index (χ3n) is 2.74. The Morgan fingerprint density at radius 1 is 1.00 bits per heavy atom. The fraction of sp³-hybridized carbons (Fsp3) is 0. The minimum absolute atomic E-state index is 0.751. The van der Waals surface area contributed by atoms with Gasteiger partial charge in [0.05, 0.1) is 17.4 Å². The first-order chi connectivity index (χ1) is 7.86. The van der Waals surface area contributed by atoms with E-state index in [2.05, 4.69) is 10.2 Å². The molecule has 16 heavy (non-hydrogen) atoms. The lowest BCUT2D eigenvalue weighted by Gasteiger charge is -2.06. The third-order valence-corrected chi connectivity index (χ3v) is 2.74. The van der Waals surface area contributed by atoms with Crippen LogP contribution in [0.3, 0.4) is 0 Å². The Labute approximate surface area is 92.9 Å². The highest BCUT2D eigenvalue weighted by Crippen LogP contribution is 2.30. The van der Waals surface area contributed by atoms with E-state index in [0.717, 1.165) is 27.7 Å². The third kappa shape index (κ3) is 1.26. The van der Waals surface area contributed by atoms with Crippen LogP contribution in [-0.2, 0) is 0 Å². The van der Waals surface area contributed by atoms with Gasteiger partial charge >= 0.3 is 0 Å². The number of hydrogen-bond donors (Lipinski definition) is 2. The van der Waals surface area contributed by atoms with Crippen molar-refractivity contribution in [2.75, 3.05) is 5.73 Å². The van der Waals surface area contributed by atoms with Gasteiger partial charge in [-0.1, -0.05) is 42.5 Å². The molecule has 3 nitrogen and oxygen atoms in total.